The van der Waals surface area contributed by atoms with Crippen molar-refractivity contribution in [2.75, 3.05) is 18.0 Å². The van der Waals surface area contributed by atoms with Crippen molar-refractivity contribution < 1.29 is 22.0 Å². The average Bonchev–Trinajstić information content (AvgIpc) is 3.30. The topological polar surface area (TPSA) is 88.4 Å². The number of halogens is 5. The van der Waals surface area contributed by atoms with Gasteiger partial charge in [-0.1, -0.05) is 20.8 Å². The number of H-pyrrole nitrogens is 1. The molecule has 4 rings (SSSR count). The van der Waals surface area contributed by atoms with Crippen LogP contribution in [0.25, 0.3) is 11.2 Å². The fourth-order valence-electron chi connectivity index (χ4n) is 3.21. The Morgan fingerprint density at radius 3 is 2.47 bits per heavy atom. The van der Waals surface area contributed by atoms with Gasteiger partial charge in [-0.2, -0.15) is 23.1 Å². The SMILES string of the molecule is CC(C)(C)c1nc(N2CCC(F)(F)C2)c2nn(Cc3c[nH]nc3C(F)(F)F)nc2n1. The number of nitrogens with zero attached hydrogens (tertiary/aromatic N) is 7. The van der Waals surface area contributed by atoms with Crippen LogP contribution in [-0.2, 0) is 18.1 Å². The van der Waals surface area contributed by atoms with Crippen LogP contribution in [0.1, 0.15) is 44.3 Å². The molecule has 0 radical (unpaired) electrons. The predicted octanol–water partition coefficient (Wildman–Crippen LogP) is 3.15. The maximum atomic E-state index is 13.8. The summed E-state index contributed by atoms with van der Waals surface area (Å²) >= 11 is 0. The van der Waals surface area contributed by atoms with E-state index in [2.05, 4.69) is 30.4 Å². The number of alkyl halides is 5. The molecule has 1 aliphatic heterocycles. The molecule has 3 aromatic rings. The van der Waals surface area contributed by atoms with Crippen molar-refractivity contribution in [2.45, 2.75) is 51.3 Å². The number of anilines is 1. The maximum Gasteiger partial charge on any atom is 0.435 e. The van der Waals surface area contributed by atoms with E-state index in [0.29, 0.717) is 5.82 Å². The molecule has 0 amide bonds. The van der Waals surface area contributed by atoms with Crippen LogP contribution in [0, 0.1) is 0 Å². The first-order valence-electron chi connectivity index (χ1n) is 9.19. The van der Waals surface area contributed by atoms with E-state index in [-0.39, 0.29) is 42.1 Å². The molecule has 4 heterocycles. The van der Waals surface area contributed by atoms with E-state index < -0.39 is 29.8 Å². The predicted molar refractivity (Wildman–Crippen MR) is 96.3 cm³/mol. The highest BCUT2D eigenvalue weighted by Gasteiger charge is 2.40. The Labute approximate surface area is 167 Å². The van der Waals surface area contributed by atoms with Crippen LogP contribution in [-0.4, -0.2) is 54.2 Å². The summed E-state index contributed by atoms with van der Waals surface area (Å²) in [6.07, 6.45) is -3.83. The Hall–Kier alpha value is -2.86. The highest BCUT2D eigenvalue weighted by atomic mass is 19.4. The van der Waals surface area contributed by atoms with Gasteiger partial charge in [-0.05, 0) is 0 Å². The quantitative estimate of drug-likeness (QED) is 0.643. The van der Waals surface area contributed by atoms with Gasteiger partial charge in [-0.15, -0.1) is 10.2 Å². The lowest BCUT2D eigenvalue weighted by Gasteiger charge is -2.21. The molecule has 0 aromatic carbocycles. The van der Waals surface area contributed by atoms with Gasteiger partial charge in [-0.3, -0.25) is 5.10 Å². The molecule has 1 N–H and O–H groups in total. The number of rotatable bonds is 3. The van der Waals surface area contributed by atoms with E-state index in [4.69, 9.17) is 0 Å². The molecule has 0 saturated carbocycles. The lowest BCUT2D eigenvalue weighted by molar-refractivity contribution is -0.141. The summed E-state index contributed by atoms with van der Waals surface area (Å²) in [6.45, 7) is 4.83. The number of hydrogen-bond acceptors (Lipinski definition) is 6. The Morgan fingerprint density at radius 1 is 1.13 bits per heavy atom. The Bertz CT molecular complexity index is 1080. The van der Waals surface area contributed by atoms with Crippen LogP contribution in [0.5, 0.6) is 0 Å². The standard InChI is InChI=1S/C17H19F5N8/c1-15(2,3)14-24-12-10(13(25-14)29-5-4-16(18,19)8-29)27-30(28-12)7-9-6-23-26-11(9)17(20,21)22/h6H,4-5,7-8H2,1-3H3,(H,23,26). The fourth-order valence-corrected chi connectivity index (χ4v) is 3.21. The second-order valence-electron chi connectivity index (χ2n) is 8.31. The molecule has 162 valence electrons. The van der Waals surface area contributed by atoms with Crippen molar-refractivity contribution >= 4 is 17.0 Å². The van der Waals surface area contributed by atoms with Crippen molar-refractivity contribution in [3.63, 3.8) is 0 Å². The zero-order valence-electron chi connectivity index (χ0n) is 16.4. The van der Waals surface area contributed by atoms with E-state index >= 15 is 0 Å². The number of aromatic amines is 1. The lowest BCUT2D eigenvalue weighted by Crippen LogP contribution is -2.27. The lowest BCUT2D eigenvalue weighted by atomic mass is 9.96. The highest BCUT2D eigenvalue weighted by Crippen LogP contribution is 2.34. The van der Waals surface area contributed by atoms with Gasteiger partial charge < -0.3 is 4.90 Å². The van der Waals surface area contributed by atoms with Gasteiger partial charge in [0, 0.05) is 30.1 Å². The molecule has 0 bridgehead atoms. The third-order valence-corrected chi connectivity index (χ3v) is 4.71. The second kappa shape index (κ2) is 6.57. The van der Waals surface area contributed by atoms with Crippen molar-refractivity contribution in [3.8, 4) is 0 Å². The summed E-state index contributed by atoms with van der Waals surface area (Å²) in [6, 6.07) is 0. The summed E-state index contributed by atoms with van der Waals surface area (Å²) in [5.41, 5.74) is -1.41. The van der Waals surface area contributed by atoms with Crippen molar-refractivity contribution in [1.29, 1.82) is 0 Å². The van der Waals surface area contributed by atoms with E-state index in [1.165, 1.54) is 4.90 Å². The first-order chi connectivity index (χ1) is 13.8. The Kier molecular flexibility index (Phi) is 4.47. The number of hydrogen-bond donors (Lipinski definition) is 1. The summed E-state index contributed by atoms with van der Waals surface area (Å²) in [4.78, 5) is 11.3. The third kappa shape index (κ3) is 3.79. The van der Waals surface area contributed by atoms with Gasteiger partial charge in [-0.25, -0.2) is 18.7 Å². The van der Waals surface area contributed by atoms with Crippen LogP contribution in [0.15, 0.2) is 6.20 Å². The minimum absolute atomic E-state index is 0.0789. The first-order valence-corrected chi connectivity index (χ1v) is 9.19. The highest BCUT2D eigenvalue weighted by molar-refractivity contribution is 5.82. The van der Waals surface area contributed by atoms with Crippen LogP contribution in [0.2, 0.25) is 0 Å². The molecule has 1 saturated heterocycles. The number of fused-ring (bicyclic) bond motifs is 1. The molecule has 0 atom stereocenters. The zero-order chi connectivity index (χ0) is 21.9. The molecule has 0 aliphatic carbocycles. The molecule has 13 heteroatoms. The molecule has 30 heavy (non-hydrogen) atoms. The molecule has 1 fully saturated rings. The zero-order valence-corrected chi connectivity index (χ0v) is 16.4. The van der Waals surface area contributed by atoms with Crippen LogP contribution >= 0.6 is 0 Å². The van der Waals surface area contributed by atoms with Crippen molar-refractivity contribution in [2.24, 2.45) is 0 Å². The van der Waals surface area contributed by atoms with Gasteiger partial charge in [0.1, 0.15) is 5.82 Å². The molecule has 0 spiro atoms. The number of aromatic nitrogens is 7. The number of nitrogens with one attached hydrogen (secondary N) is 1. The monoisotopic (exact) mass is 430 g/mol. The molecular weight excluding hydrogens is 411 g/mol. The summed E-state index contributed by atoms with van der Waals surface area (Å²) in [7, 11) is 0. The van der Waals surface area contributed by atoms with E-state index in [0.717, 1.165) is 11.0 Å². The van der Waals surface area contributed by atoms with Crippen LogP contribution < -0.4 is 4.90 Å². The summed E-state index contributed by atoms with van der Waals surface area (Å²) in [5.74, 6) is -2.27. The molecule has 8 nitrogen and oxygen atoms in total. The van der Waals surface area contributed by atoms with Gasteiger partial charge >= 0.3 is 6.18 Å². The minimum Gasteiger partial charge on any atom is -0.348 e. The molecular formula is C17H19F5N8. The van der Waals surface area contributed by atoms with Crippen molar-refractivity contribution in [1.82, 2.24) is 35.2 Å². The normalized spacial score (nSPS) is 17.3. The minimum atomic E-state index is -4.63. The summed E-state index contributed by atoms with van der Waals surface area (Å²) in [5, 5.41) is 13.8. The Balaban J connectivity index is 1.78. The largest absolute Gasteiger partial charge is 0.435 e. The first kappa shape index (κ1) is 20.4. The molecule has 3 aromatic heterocycles. The van der Waals surface area contributed by atoms with Gasteiger partial charge in [0.2, 0.25) is 5.65 Å². The smallest absolute Gasteiger partial charge is 0.348 e. The molecule has 1 aliphatic rings. The van der Waals surface area contributed by atoms with Crippen molar-refractivity contribution in [3.05, 3.63) is 23.3 Å². The van der Waals surface area contributed by atoms with E-state index in [9.17, 15) is 22.0 Å². The van der Waals surface area contributed by atoms with Gasteiger partial charge in [0.15, 0.2) is 17.0 Å². The fraction of sp³-hybridized carbons (Fsp3) is 0.588. The third-order valence-electron chi connectivity index (χ3n) is 4.71. The maximum absolute atomic E-state index is 13.8. The van der Waals surface area contributed by atoms with E-state index in [1.54, 1.807) is 0 Å². The summed E-state index contributed by atoms with van der Waals surface area (Å²) < 4.78 is 66.8. The van der Waals surface area contributed by atoms with Crippen LogP contribution in [0.3, 0.4) is 0 Å². The van der Waals surface area contributed by atoms with Gasteiger partial charge in [0.05, 0.1) is 13.1 Å². The average molecular weight is 430 g/mol. The van der Waals surface area contributed by atoms with Crippen LogP contribution in [0.4, 0.5) is 27.8 Å². The Morgan fingerprint density at radius 2 is 1.87 bits per heavy atom. The van der Waals surface area contributed by atoms with E-state index in [1.807, 2.05) is 20.8 Å². The van der Waals surface area contributed by atoms with Gasteiger partial charge in [0.25, 0.3) is 5.92 Å². The second-order valence-corrected chi connectivity index (χ2v) is 8.31. The molecule has 0 unspecified atom stereocenters.